The van der Waals surface area contributed by atoms with Crippen molar-refractivity contribution in [3.05, 3.63) is 29.5 Å². The highest BCUT2D eigenvalue weighted by atomic mass is 16.5. The van der Waals surface area contributed by atoms with Crippen molar-refractivity contribution in [1.82, 2.24) is 9.97 Å². The number of nitrogens with zero attached hydrogens (tertiary/aromatic N) is 2. The molecular weight excluding hydrogens is 284 g/mol. The topological polar surface area (TPSA) is 35.0 Å². The number of benzene rings is 1. The normalized spacial score (nSPS) is 12.7. The van der Waals surface area contributed by atoms with Crippen molar-refractivity contribution in [3.8, 4) is 5.88 Å². The van der Waals surface area contributed by atoms with Crippen molar-refractivity contribution in [3.63, 3.8) is 0 Å². The summed E-state index contributed by atoms with van der Waals surface area (Å²) in [4.78, 5) is 9.66. The van der Waals surface area contributed by atoms with E-state index in [9.17, 15) is 0 Å². The Bertz CT molecular complexity index is 684. The second-order valence-corrected chi connectivity index (χ2v) is 7.92. The first-order chi connectivity index (χ1) is 10.7. The summed E-state index contributed by atoms with van der Waals surface area (Å²) in [6, 6.07) is 6.44. The van der Waals surface area contributed by atoms with Gasteiger partial charge in [-0.2, -0.15) is 0 Å². The Morgan fingerprint density at radius 2 is 1.65 bits per heavy atom. The largest absolute Gasteiger partial charge is 0.476 e. The summed E-state index contributed by atoms with van der Waals surface area (Å²) in [6.07, 6.45) is 2.05. The first-order valence-electron chi connectivity index (χ1n) is 8.64. The van der Waals surface area contributed by atoms with E-state index in [-0.39, 0.29) is 10.8 Å². The fourth-order valence-electron chi connectivity index (χ4n) is 2.45. The number of rotatable bonds is 5. The van der Waals surface area contributed by atoms with Gasteiger partial charge in [0.05, 0.1) is 17.6 Å². The number of ether oxygens (including phenoxy) is 1. The minimum atomic E-state index is -0.0916. The predicted octanol–water partition coefficient (Wildman–Crippen LogP) is 5.40. The molecule has 3 heteroatoms. The zero-order valence-corrected chi connectivity index (χ0v) is 15.7. The van der Waals surface area contributed by atoms with Crippen LogP contribution in [-0.2, 0) is 10.8 Å². The summed E-state index contributed by atoms with van der Waals surface area (Å²) in [5.41, 5.74) is 4.14. The molecule has 23 heavy (non-hydrogen) atoms. The van der Waals surface area contributed by atoms with Gasteiger partial charge in [0.2, 0.25) is 5.88 Å². The van der Waals surface area contributed by atoms with Crippen molar-refractivity contribution in [2.24, 2.45) is 0 Å². The van der Waals surface area contributed by atoms with Gasteiger partial charge in [-0.25, -0.2) is 9.97 Å². The third-order valence-corrected chi connectivity index (χ3v) is 4.45. The third kappa shape index (κ3) is 3.82. The summed E-state index contributed by atoms with van der Waals surface area (Å²) in [6.45, 7) is 16.0. The Morgan fingerprint density at radius 1 is 0.957 bits per heavy atom. The first-order valence-corrected chi connectivity index (χ1v) is 8.64. The van der Waals surface area contributed by atoms with Gasteiger partial charge in [0.25, 0.3) is 0 Å². The lowest BCUT2D eigenvalue weighted by Gasteiger charge is -2.24. The van der Waals surface area contributed by atoms with Gasteiger partial charge in [0.1, 0.15) is 5.69 Å². The molecule has 1 aromatic carbocycles. The van der Waals surface area contributed by atoms with Gasteiger partial charge in [0, 0.05) is 5.41 Å². The number of fused-ring (bicyclic) bond motifs is 1. The SMILES string of the molecule is CCCOc1nc2cc(C(C)(C)CC)ccc2nc1C(C)(C)C. The maximum absolute atomic E-state index is 5.90. The molecule has 0 bridgehead atoms. The molecule has 3 nitrogen and oxygen atoms in total. The summed E-state index contributed by atoms with van der Waals surface area (Å²) in [5.74, 6) is 0.679. The van der Waals surface area contributed by atoms with Crippen LogP contribution in [-0.4, -0.2) is 16.6 Å². The van der Waals surface area contributed by atoms with Gasteiger partial charge in [0.15, 0.2) is 0 Å². The molecule has 2 rings (SSSR count). The molecule has 0 fully saturated rings. The van der Waals surface area contributed by atoms with E-state index in [4.69, 9.17) is 14.7 Å². The highest BCUT2D eigenvalue weighted by Gasteiger charge is 2.24. The second-order valence-electron chi connectivity index (χ2n) is 7.92. The smallest absolute Gasteiger partial charge is 0.236 e. The third-order valence-electron chi connectivity index (χ3n) is 4.45. The molecule has 0 saturated carbocycles. The molecule has 0 N–H and O–H groups in total. The lowest BCUT2D eigenvalue weighted by atomic mass is 9.82. The summed E-state index contributed by atoms with van der Waals surface area (Å²) in [7, 11) is 0. The zero-order chi connectivity index (χ0) is 17.3. The van der Waals surface area contributed by atoms with Gasteiger partial charge in [-0.05, 0) is 36.0 Å². The van der Waals surface area contributed by atoms with Gasteiger partial charge in [-0.3, -0.25) is 0 Å². The number of aromatic nitrogens is 2. The van der Waals surface area contributed by atoms with Crippen LogP contribution in [0.1, 0.15) is 72.6 Å². The van der Waals surface area contributed by atoms with E-state index in [0.717, 1.165) is 29.6 Å². The lowest BCUT2D eigenvalue weighted by molar-refractivity contribution is 0.294. The fraction of sp³-hybridized carbons (Fsp3) is 0.600. The zero-order valence-electron chi connectivity index (χ0n) is 15.7. The summed E-state index contributed by atoms with van der Waals surface area (Å²) in [5, 5.41) is 0. The van der Waals surface area contributed by atoms with Crippen LogP contribution in [0.5, 0.6) is 5.88 Å². The molecule has 2 aromatic rings. The van der Waals surface area contributed by atoms with Crippen molar-refractivity contribution in [2.75, 3.05) is 6.61 Å². The number of hydrogen-bond acceptors (Lipinski definition) is 3. The molecular formula is C20H30N2O. The van der Waals surface area contributed by atoms with Crippen LogP contribution in [0.2, 0.25) is 0 Å². The van der Waals surface area contributed by atoms with E-state index in [0.29, 0.717) is 12.5 Å². The van der Waals surface area contributed by atoms with Crippen LogP contribution >= 0.6 is 0 Å². The second kappa shape index (κ2) is 6.46. The van der Waals surface area contributed by atoms with Crippen LogP contribution in [0.15, 0.2) is 18.2 Å². The molecule has 0 amide bonds. The standard InChI is InChI=1S/C20H30N2O/c1-8-12-23-18-17(19(3,4)5)21-15-11-10-14(13-16(15)22-18)20(6,7)9-2/h10-11,13H,8-9,12H2,1-7H3. The fourth-order valence-corrected chi connectivity index (χ4v) is 2.45. The van der Waals surface area contributed by atoms with Gasteiger partial charge < -0.3 is 4.74 Å². The quantitative estimate of drug-likeness (QED) is 0.740. The highest BCUT2D eigenvalue weighted by molar-refractivity contribution is 5.76. The maximum atomic E-state index is 5.90. The summed E-state index contributed by atoms with van der Waals surface area (Å²) < 4.78 is 5.90. The molecule has 0 unspecified atom stereocenters. The Kier molecular flexibility index (Phi) is 4.98. The highest BCUT2D eigenvalue weighted by Crippen LogP contribution is 2.33. The monoisotopic (exact) mass is 314 g/mol. The summed E-state index contributed by atoms with van der Waals surface area (Å²) >= 11 is 0. The van der Waals surface area contributed by atoms with E-state index in [1.807, 2.05) is 0 Å². The minimum absolute atomic E-state index is 0.0916. The predicted molar refractivity (Wildman–Crippen MR) is 97.3 cm³/mol. The molecule has 0 aliphatic heterocycles. The van der Waals surface area contributed by atoms with Crippen molar-refractivity contribution in [1.29, 1.82) is 0 Å². The number of hydrogen-bond donors (Lipinski definition) is 0. The molecule has 126 valence electrons. The van der Waals surface area contributed by atoms with E-state index >= 15 is 0 Å². The maximum Gasteiger partial charge on any atom is 0.236 e. The van der Waals surface area contributed by atoms with E-state index < -0.39 is 0 Å². The Balaban J connectivity index is 2.60. The molecule has 1 aromatic heterocycles. The van der Waals surface area contributed by atoms with Crippen LogP contribution in [0.4, 0.5) is 0 Å². The Labute approximate surface area is 140 Å². The molecule has 0 saturated heterocycles. The molecule has 1 heterocycles. The Hall–Kier alpha value is -1.64. The van der Waals surface area contributed by atoms with Crippen LogP contribution in [0.3, 0.4) is 0 Å². The molecule has 0 spiro atoms. The van der Waals surface area contributed by atoms with Crippen molar-refractivity contribution < 1.29 is 4.74 Å². The van der Waals surface area contributed by atoms with Crippen molar-refractivity contribution >= 4 is 11.0 Å². The molecule has 0 aliphatic rings. The van der Waals surface area contributed by atoms with E-state index in [2.05, 4.69) is 66.7 Å². The average molecular weight is 314 g/mol. The molecule has 0 aliphatic carbocycles. The van der Waals surface area contributed by atoms with E-state index in [1.54, 1.807) is 0 Å². The van der Waals surface area contributed by atoms with Crippen LogP contribution in [0, 0.1) is 0 Å². The minimum Gasteiger partial charge on any atom is -0.476 e. The van der Waals surface area contributed by atoms with E-state index in [1.165, 1.54) is 5.56 Å². The first kappa shape index (κ1) is 17.7. The van der Waals surface area contributed by atoms with Gasteiger partial charge in [-0.15, -0.1) is 0 Å². The van der Waals surface area contributed by atoms with Crippen LogP contribution < -0.4 is 4.74 Å². The Morgan fingerprint density at radius 3 is 2.22 bits per heavy atom. The van der Waals surface area contributed by atoms with Gasteiger partial charge in [-0.1, -0.05) is 54.5 Å². The van der Waals surface area contributed by atoms with Crippen molar-refractivity contribution in [2.45, 2.75) is 72.1 Å². The average Bonchev–Trinajstić information content (AvgIpc) is 2.50. The van der Waals surface area contributed by atoms with Gasteiger partial charge >= 0.3 is 0 Å². The molecule has 0 atom stereocenters. The van der Waals surface area contributed by atoms with Crippen LogP contribution in [0.25, 0.3) is 11.0 Å². The lowest BCUT2D eigenvalue weighted by Crippen LogP contribution is -2.18. The molecule has 0 radical (unpaired) electrons.